The lowest BCUT2D eigenvalue weighted by atomic mass is 9.48. The van der Waals surface area contributed by atoms with E-state index < -0.39 is 5.54 Å². The summed E-state index contributed by atoms with van der Waals surface area (Å²) in [5.74, 6) is 2.92. The van der Waals surface area contributed by atoms with Crippen LogP contribution in [0.3, 0.4) is 0 Å². The van der Waals surface area contributed by atoms with Gasteiger partial charge in [0.25, 0.3) is 0 Å². The van der Waals surface area contributed by atoms with Gasteiger partial charge in [-0.15, -0.1) is 0 Å². The Balaban J connectivity index is 1.55. The van der Waals surface area contributed by atoms with Crippen LogP contribution in [0.15, 0.2) is 30.6 Å². The lowest BCUT2D eigenvalue weighted by Crippen LogP contribution is -2.55. The maximum Gasteiger partial charge on any atom is 0.169 e. The molecule has 2 unspecified atom stereocenters. The quantitative estimate of drug-likeness (QED) is 0.656. The van der Waals surface area contributed by atoms with Gasteiger partial charge in [-0.25, -0.2) is 0 Å². The van der Waals surface area contributed by atoms with Crippen LogP contribution < -0.4 is 9.42 Å². The van der Waals surface area contributed by atoms with Gasteiger partial charge < -0.3 is 12.2 Å². The minimum atomic E-state index is -2.14. The normalized spacial score (nSPS) is 40.4. The summed E-state index contributed by atoms with van der Waals surface area (Å²) >= 11 is 11.6. The molecule has 4 aliphatic rings. The van der Waals surface area contributed by atoms with Crippen molar-refractivity contribution in [3.05, 3.63) is 30.6 Å². The molecule has 4 aliphatic carbocycles. The molecule has 0 aliphatic heterocycles. The number of nitrogens with one attached hydrogen (secondary N) is 1. The van der Waals surface area contributed by atoms with Crippen LogP contribution in [0.1, 0.15) is 45.4 Å². The standard InChI is InChI=1S/C17H25N2PS2/c1-13(18-20(21,22)19-5-3-2-4-6-19)17-10-14-7-15(11-17)9-16(8-14)12-17/h2-6,13-16H,7-12H2,1H3,(H-,18,21,22). The molecule has 1 N–H and O–H groups in total. The van der Waals surface area contributed by atoms with Gasteiger partial charge in [-0.05, 0) is 80.4 Å². The van der Waals surface area contributed by atoms with Gasteiger partial charge in [-0.3, -0.25) is 5.09 Å². The molecule has 120 valence electrons. The molecule has 0 spiro atoms. The van der Waals surface area contributed by atoms with E-state index in [1.165, 1.54) is 38.5 Å². The summed E-state index contributed by atoms with van der Waals surface area (Å²) in [6.45, 7) is 2.35. The Kier molecular flexibility index (Phi) is 3.96. The average molecular weight is 353 g/mol. The van der Waals surface area contributed by atoms with Crippen molar-refractivity contribution < 1.29 is 4.34 Å². The largest absolute Gasteiger partial charge is 0.660 e. The van der Waals surface area contributed by atoms with E-state index in [9.17, 15) is 0 Å². The van der Waals surface area contributed by atoms with E-state index in [-0.39, 0.29) is 0 Å². The van der Waals surface area contributed by atoms with E-state index in [0.717, 1.165) is 17.8 Å². The average Bonchev–Trinajstić information content (AvgIpc) is 2.46. The molecule has 1 aromatic heterocycles. The molecule has 1 aromatic rings. The number of hydrogen-bond donors (Lipinski definition) is 1. The van der Waals surface area contributed by atoms with Gasteiger partial charge in [-0.1, -0.05) is 6.07 Å². The highest BCUT2D eigenvalue weighted by Crippen LogP contribution is 2.61. The summed E-state index contributed by atoms with van der Waals surface area (Å²) in [6, 6.07) is 6.50. The van der Waals surface area contributed by atoms with E-state index in [1.807, 2.05) is 30.6 Å². The Bertz CT molecular complexity index is 569. The summed E-state index contributed by atoms with van der Waals surface area (Å²) in [5.41, 5.74) is -1.68. The van der Waals surface area contributed by atoms with Crippen molar-refractivity contribution in [2.45, 2.75) is 51.5 Å². The summed E-state index contributed by atoms with van der Waals surface area (Å²) in [4.78, 5) is 0. The first-order valence-electron chi connectivity index (χ1n) is 8.53. The summed E-state index contributed by atoms with van der Waals surface area (Å²) < 4.78 is 2.05. The van der Waals surface area contributed by atoms with E-state index in [4.69, 9.17) is 24.1 Å². The minimum Gasteiger partial charge on any atom is -0.660 e. The summed E-state index contributed by atoms with van der Waals surface area (Å²) in [6.07, 6.45) is 12.7. The fourth-order valence-electron chi connectivity index (χ4n) is 5.72. The van der Waals surface area contributed by atoms with Gasteiger partial charge in [0.2, 0.25) is 0 Å². The Morgan fingerprint density at radius 1 is 1.09 bits per heavy atom. The molecule has 22 heavy (non-hydrogen) atoms. The van der Waals surface area contributed by atoms with Gasteiger partial charge in [0.1, 0.15) is 5.54 Å². The van der Waals surface area contributed by atoms with Gasteiger partial charge in [0.05, 0.1) is 0 Å². The highest BCUT2D eigenvalue weighted by atomic mass is 32.9. The Hall–Kier alpha value is 0.110. The van der Waals surface area contributed by atoms with Crippen molar-refractivity contribution in [1.29, 1.82) is 0 Å². The number of pyridine rings is 1. The number of aromatic nitrogens is 1. The maximum atomic E-state index is 5.82. The molecule has 4 bridgehead atoms. The molecule has 0 aromatic carbocycles. The van der Waals surface area contributed by atoms with Crippen molar-refractivity contribution >= 4 is 29.6 Å². The zero-order valence-corrected chi connectivity index (χ0v) is 15.7. The highest BCUT2D eigenvalue weighted by Gasteiger charge is 2.53. The molecule has 0 radical (unpaired) electrons. The van der Waals surface area contributed by atoms with Crippen LogP contribution >= 0.6 is 5.54 Å². The minimum absolute atomic E-state index is 0.442. The number of hydrogen-bond acceptors (Lipinski definition) is 2. The molecule has 2 atom stereocenters. The number of nitrogens with zero attached hydrogens (tertiary/aromatic N) is 1. The van der Waals surface area contributed by atoms with Crippen molar-refractivity contribution in [3.8, 4) is 0 Å². The van der Waals surface area contributed by atoms with Gasteiger partial charge in [0.15, 0.2) is 12.4 Å². The summed E-state index contributed by atoms with van der Waals surface area (Å²) in [7, 11) is 0. The van der Waals surface area contributed by atoms with Crippen LogP contribution in [0.2, 0.25) is 0 Å². The second-order valence-corrected chi connectivity index (χ2v) is 13.5. The third-order valence-corrected chi connectivity index (χ3v) is 9.72. The highest BCUT2D eigenvalue weighted by molar-refractivity contribution is 8.51. The van der Waals surface area contributed by atoms with Crippen LogP contribution in [-0.2, 0) is 24.1 Å². The Morgan fingerprint density at radius 2 is 1.59 bits per heavy atom. The fraction of sp³-hybridized carbons (Fsp3) is 0.706. The topological polar surface area (TPSA) is 15.9 Å². The third-order valence-electron chi connectivity index (χ3n) is 6.36. The third kappa shape index (κ3) is 2.70. The zero-order chi connectivity index (χ0) is 15.4. The molecule has 5 rings (SSSR count). The zero-order valence-electron chi connectivity index (χ0n) is 13.1. The lowest BCUT2D eigenvalue weighted by Gasteiger charge is -2.59. The second-order valence-electron chi connectivity index (χ2n) is 7.91. The molecular formula is C17H25N2PS2. The van der Waals surface area contributed by atoms with E-state index >= 15 is 0 Å². The van der Waals surface area contributed by atoms with Gasteiger partial charge in [0, 0.05) is 18.2 Å². The summed E-state index contributed by atoms with van der Waals surface area (Å²) in [5, 5.41) is 3.73. The second kappa shape index (κ2) is 5.58. The van der Waals surface area contributed by atoms with Crippen LogP contribution in [0.5, 0.6) is 0 Å². The van der Waals surface area contributed by atoms with Crippen molar-refractivity contribution in [2.24, 2.45) is 23.2 Å². The first-order valence-corrected chi connectivity index (χ1v) is 12.3. The first-order chi connectivity index (χ1) is 10.5. The molecule has 1 heterocycles. The predicted octanol–water partition coefficient (Wildman–Crippen LogP) is 3.79. The van der Waals surface area contributed by atoms with Crippen LogP contribution in [0.4, 0.5) is 0 Å². The molecule has 4 fully saturated rings. The van der Waals surface area contributed by atoms with Crippen LogP contribution in [-0.4, -0.2) is 6.04 Å². The SMILES string of the molecule is CC(NP(=S)([S-])[n+]1ccccc1)C12CC3CC(CC(C3)C1)C2. The maximum absolute atomic E-state index is 5.82. The molecule has 0 saturated heterocycles. The molecule has 5 heteroatoms. The predicted molar refractivity (Wildman–Crippen MR) is 96.9 cm³/mol. The van der Waals surface area contributed by atoms with Gasteiger partial charge in [-0.2, -0.15) is 4.34 Å². The molecular weight excluding hydrogens is 327 g/mol. The lowest BCUT2D eigenvalue weighted by molar-refractivity contribution is -0.510. The Labute approximate surface area is 144 Å². The van der Waals surface area contributed by atoms with Crippen LogP contribution in [0, 0.1) is 23.2 Å². The van der Waals surface area contributed by atoms with E-state index in [2.05, 4.69) is 16.3 Å². The molecule has 0 amide bonds. The van der Waals surface area contributed by atoms with Crippen molar-refractivity contribution in [1.82, 2.24) is 5.09 Å². The molecule has 2 nitrogen and oxygen atoms in total. The molecule has 4 saturated carbocycles. The van der Waals surface area contributed by atoms with E-state index in [1.54, 1.807) is 0 Å². The van der Waals surface area contributed by atoms with E-state index in [0.29, 0.717) is 11.5 Å². The first kappa shape index (κ1) is 15.6. The van der Waals surface area contributed by atoms with Crippen LogP contribution in [0.25, 0.3) is 0 Å². The number of rotatable bonds is 4. The van der Waals surface area contributed by atoms with Crippen molar-refractivity contribution in [3.63, 3.8) is 0 Å². The monoisotopic (exact) mass is 352 g/mol. The Morgan fingerprint density at radius 3 is 2.09 bits per heavy atom. The fourth-order valence-corrected chi connectivity index (χ4v) is 8.72. The van der Waals surface area contributed by atoms with Crippen molar-refractivity contribution in [2.75, 3.05) is 0 Å². The smallest absolute Gasteiger partial charge is 0.169 e. The van der Waals surface area contributed by atoms with Gasteiger partial charge >= 0.3 is 0 Å².